The first kappa shape index (κ1) is 40.8. The van der Waals surface area contributed by atoms with Gasteiger partial charge in [-0.25, -0.2) is 0 Å². The van der Waals surface area contributed by atoms with E-state index < -0.39 is 0 Å². The molecule has 0 bridgehead atoms. The van der Waals surface area contributed by atoms with E-state index in [1.165, 1.54) is 5.46 Å². The number of para-hydroxylation sites is 5. The summed E-state index contributed by atoms with van der Waals surface area (Å²) in [4.78, 5) is 7.13. The fraction of sp³-hybridized carbons (Fsp3) is 0. The van der Waals surface area contributed by atoms with Gasteiger partial charge in [0, 0.05) is 77.8 Å². The van der Waals surface area contributed by atoms with Crippen LogP contribution in [0.2, 0.25) is 15.1 Å². The number of rotatable bonds is 3. The molecular formula is C60H33B3Cl3N3O3. The SMILES string of the molecule is Clc1cc2c3c(c1)Oc1cc4c(cc1B3c1ccccc1O2)B1c2cc3c(cc2N(c2ccccc2)c2cc(Cl)cc(c21)N4c1ccccc1)N(c1ccccc1)c1cc(Cl)cc2c1B3c1ccccc1O2. The summed E-state index contributed by atoms with van der Waals surface area (Å²) in [5, 5.41) is 1.77. The molecule has 12 heteroatoms. The van der Waals surface area contributed by atoms with Crippen molar-refractivity contribution in [2.75, 3.05) is 14.7 Å². The van der Waals surface area contributed by atoms with Crippen molar-refractivity contribution < 1.29 is 14.2 Å². The molecule has 6 aliphatic heterocycles. The van der Waals surface area contributed by atoms with E-state index in [1.807, 2.05) is 36.4 Å². The van der Waals surface area contributed by atoms with Crippen LogP contribution in [0.3, 0.4) is 0 Å². The van der Waals surface area contributed by atoms with E-state index in [4.69, 9.17) is 49.0 Å². The quantitative estimate of drug-likeness (QED) is 0.164. The van der Waals surface area contributed by atoms with Gasteiger partial charge in [0.15, 0.2) is 0 Å². The van der Waals surface area contributed by atoms with Crippen LogP contribution in [-0.2, 0) is 0 Å². The molecule has 0 aromatic heterocycles. The third-order valence-corrected chi connectivity index (χ3v) is 16.0. The lowest BCUT2D eigenvalue weighted by Crippen LogP contribution is -2.65. The average molecular weight is 983 g/mol. The van der Waals surface area contributed by atoms with Gasteiger partial charge in [-0.2, -0.15) is 0 Å². The number of anilines is 9. The van der Waals surface area contributed by atoms with Crippen LogP contribution in [0.25, 0.3) is 0 Å². The van der Waals surface area contributed by atoms with Gasteiger partial charge in [0.05, 0.1) is 0 Å². The topological polar surface area (TPSA) is 37.4 Å². The third-order valence-electron chi connectivity index (χ3n) is 15.3. The highest BCUT2D eigenvalue weighted by molar-refractivity contribution is 7.04. The molecule has 0 radical (unpaired) electrons. The van der Waals surface area contributed by atoms with Crippen LogP contribution in [0.1, 0.15) is 0 Å². The van der Waals surface area contributed by atoms with Gasteiger partial charge in [-0.15, -0.1) is 0 Å². The fourth-order valence-electron chi connectivity index (χ4n) is 12.6. The van der Waals surface area contributed by atoms with Crippen LogP contribution in [0, 0.1) is 0 Å². The lowest BCUT2D eigenvalue weighted by Gasteiger charge is -2.46. The number of halogens is 3. The maximum Gasteiger partial charge on any atom is 0.260 e. The van der Waals surface area contributed by atoms with Crippen molar-refractivity contribution in [3.8, 4) is 34.5 Å². The van der Waals surface area contributed by atoms with Crippen molar-refractivity contribution >= 4 is 155 Å². The Balaban J connectivity index is 1.03. The van der Waals surface area contributed by atoms with E-state index in [0.717, 1.165) is 118 Å². The molecule has 0 unspecified atom stereocenters. The largest absolute Gasteiger partial charge is 0.458 e. The fourth-order valence-corrected chi connectivity index (χ4v) is 13.2. The van der Waals surface area contributed by atoms with Gasteiger partial charge in [0.25, 0.3) is 20.1 Å². The summed E-state index contributed by atoms with van der Waals surface area (Å²) in [6.45, 7) is -0.620. The zero-order valence-corrected chi connectivity index (χ0v) is 40.3. The summed E-state index contributed by atoms with van der Waals surface area (Å²) in [5.74, 6) is 4.52. The van der Waals surface area contributed by atoms with Crippen LogP contribution in [0.4, 0.5) is 51.2 Å². The van der Waals surface area contributed by atoms with Gasteiger partial charge in [-0.05, 0) is 135 Å². The second-order valence-corrected chi connectivity index (χ2v) is 20.4. The van der Waals surface area contributed by atoms with Crippen molar-refractivity contribution in [3.05, 3.63) is 215 Å². The molecule has 6 heterocycles. The number of hydrogen-bond donors (Lipinski definition) is 0. The lowest BCUT2D eigenvalue weighted by molar-refractivity contribution is 0.464. The molecule has 6 nitrogen and oxygen atoms in total. The van der Waals surface area contributed by atoms with Crippen LogP contribution in [-0.4, -0.2) is 20.1 Å². The second kappa shape index (κ2) is 15.0. The molecule has 16 rings (SSSR count). The summed E-state index contributed by atoms with van der Waals surface area (Å²) < 4.78 is 20.4. The monoisotopic (exact) mass is 981 g/mol. The standard InChI is InChI=1S/C60H33B3Cl3N3O3/c64-34-24-49-58-50(25-34)69(39-18-8-3-9-19-39)48-33-54-45(62-41-21-11-13-23-53(41)71-56-28-36(66)29-57(72-54)60(56)62)31-44(48)63(58)43-30-42-46(32-47(43)67(49)37-14-4-1-5-15-37)68(38-16-6-2-7-17-38)51-26-35(65)27-55-59(51)61(42)40-20-10-12-22-52(40)70-55/h1-33H. The second-order valence-electron chi connectivity index (χ2n) is 19.1. The average Bonchev–Trinajstić information content (AvgIpc) is 3.41. The number of fused-ring (bicyclic) bond motifs is 12. The molecule has 0 atom stereocenters. The molecule has 0 spiro atoms. The zero-order valence-electron chi connectivity index (χ0n) is 38.0. The van der Waals surface area contributed by atoms with Crippen LogP contribution in [0.5, 0.6) is 34.5 Å². The molecule has 10 aromatic carbocycles. The number of nitrogens with zero attached hydrogens (tertiary/aromatic N) is 3. The normalized spacial score (nSPS) is 14.2. The first-order valence-electron chi connectivity index (χ1n) is 24.1. The maximum absolute atomic E-state index is 7.45. The Morgan fingerprint density at radius 1 is 0.264 bits per heavy atom. The van der Waals surface area contributed by atoms with Gasteiger partial charge in [0.2, 0.25) is 0 Å². The molecule has 0 N–H and O–H groups in total. The Kier molecular flexibility index (Phi) is 8.52. The molecule has 10 aromatic rings. The summed E-state index contributed by atoms with van der Waals surface area (Å²) in [6, 6.07) is 70.2. The Bertz CT molecular complexity index is 4020. The van der Waals surface area contributed by atoms with Crippen LogP contribution in [0.15, 0.2) is 200 Å². The summed E-state index contributed by atoms with van der Waals surface area (Å²) in [5.41, 5.74) is 19.0. The Morgan fingerprint density at radius 3 is 1.14 bits per heavy atom. The smallest absolute Gasteiger partial charge is 0.260 e. The van der Waals surface area contributed by atoms with Crippen molar-refractivity contribution in [2.45, 2.75) is 0 Å². The van der Waals surface area contributed by atoms with Crippen LogP contribution >= 0.6 is 34.8 Å². The van der Waals surface area contributed by atoms with Crippen molar-refractivity contribution in [3.63, 3.8) is 0 Å². The molecule has 0 amide bonds. The van der Waals surface area contributed by atoms with Crippen molar-refractivity contribution in [1.29, 1.82) is 0 Å². The highest BCUT2D eigenvalue weighted by Gasteiger charge is 2.50. The summed E-state index contributed by atoms with van der Waals surface area (Å²) >= 11 is 21.4. The summed E-state index contributed by atoms with van der Waals surface area (Å²) in [7, 11) is 0. The molecule has 0 saturated carbocycles. The molecule has 336 valence electrons. The van der Waals surface area contributed by atoms with Crippen LogP contribution < -0.4 is 78.1 Å². The van der Waals surface area contributed by atoms with Crippen molar-refractivity contribution in [1.82, 2.24) is 0 Å². The molecule has 6 aliphatic rings. The molecule has 72 heavy (non-hydrogen) atoms. The van der Waals surface area contributed by atoms with E-state index >= 15 is 0 Å². The highest BCUT2D eigenvalue weighted by atomic mass is 35.5. The van der Waals surface area contributed by atoms with Gasteiger partial charge >= 0.3 is 0 Å². The Labute approximate surface area is 431 Å². The minimum absolute atomic E-state index is 0.171. The molecule has 0 saturated heterocycles. The number of hydrogen-bond acceptors (Lipinski definition) is 6. The van der Waals surface area contributed by atoms with E-state index in [0.29, 0.717) is 26.6 Å². The zero-order chi connectivity index (χ0) is 47.5. The van der Waals surface area contributed by atoms with E-state index in [9.17, 15) is 0 Å². The Morgan fingerprint density at radius 2 is 0.625 bits per heavy atom. The maximum atomic E-state index is 7.45. The minimum Gasteiger partial charge on any atom is -0.458 e. The van der Waals surface area contributed by atoms with E-state index in [1.54, 1.807) is 0 Å². The van der Waals surface area contributed by atoms with Crippen molar-refractivity contribution in [2.24, 2.45) is 0 Å². The van der Waals surface area contributed by atoms with E-state index in [-0.39, 0.29) is 20.1 Å². The molecule has 0 fully saturated rings. The van der Waals surface area contributed by atoms with Gasteiger partial charge in [-0.3, -0.25) is 0 Å². The van der Waals surface area contributed by atoms with Gasteiger partial charge < -0.3 is 28.9 Å². The predicted octanol–water partition coefficient (Wildman–Crippen LogP) is 10.9. The molecule has 0 aliphatic carbocycles. The number of benzene rings is 10. The predicted molar refractivity (Wildman–Crippen MR) is 299 cm³/mol. The minimum atomic E-state index is -0.264. The highest BCUT2D eigenvalue weighted by Crippen LogP contribution is 2.49. The molecular weight excluding hydrogens is 949 g/mol. The van der Waals surface area contributed by atoms with E-state index in [2.05, 4.69) is 178 Å². The summed E-state index contributed by atoms with van der Waals surface area (Å²) in [6.07, 6.45) is 0. The lowest BCUT2D eigenvalue weighted by atomic mass is 9.29. The van der Waals surface area contributed by atoms with Gasteiger partial charge in [-0.1, -0.05) is 138 Å². The van der Waals surface area contributed by atoms with Gasteiger partial charge in [0.1, 0.15) is 34.5 Å². The first-order chi connectivity index (χ1) is 35.4. The Hall–Kier alpha value is -7.94. The number of ether oxygens (including phenoxy) is 3. The third kappa shape index (κ3) is 5.67. The first-order valence-corrected chi connectivity index (χ1v) is 25.2.